The van der Waals surface area contributed by atoms with Gasteiger partial charge in [-0.3, -0.25) is 9.58 Å². The van der Waals surface area contributed by atoms with E-state index in [9.17, 15) is 8.42 Å². The molecule has 1 saturated heterocycles. The van der Waals surface area contributed by atoms with E-state index < -0.39 is 10.0 Å². The Labute approximate surface area is 211 Å². The van der Waals surface area contributed by atoms with Crippen LogP contribution in [0.1, 0.15) is 23.7 Å². The largest absolute Gasteiger partial charge is 0.478 e. The van der Waals surface area contributed by atoms with Crippen LogP contribution in [0.25, 0.3) is 0 Å². The Kier molecular flexibility index (Phi) is 6.87. The van der Waals surface area contributed by atoms with Gasteiger partial charge in [-0.2, -0.15) is 5.10 Å². The zero-order valence-corrected chi connectivity index (χ0v) is 21.7. The van der Waals surface area contributed by atoms with Gasteiger partial charge in [0.2, 0.25) is 5.90 Å². The van der Waals surface area contributed by atoms with Gasteiger partial charge in [0, 0.05) is 25.8 Å². The molecule has 0 saturated carbocycles. The standard InChI is InChI=1S/C25H32N6O4S/c1-4-35-24-22-9-10-31(36(32,33)21-7-5-19(2)6-8-21)25(22)29(18-26-24)23-17-27-30(20(23)3)12-11-28-13-15-34-16-14-28/h5-10,17H,4,11-16,18H2,1-3H3. The van der Waals surface area contributed by atoms with Gasteiger partial charge in [-0.1, -0.05) is 17.7 Å². The summed E-state index contributed by atoms with van der Waals surface area (Å²) in [6.07, 6.45) is 3.36. The third-order valence-corrected chi connectivity index (χ3v) is 8.31. The van der Waals surface area contributed by atoms with Crippen LogP contribution in [0.5, 0.6) is 0 Å². The molecule has 0 atom stereocenters. The summed E-state index contributed by atoms with van der Waals surface area (Å²) in [4.78, 5) is 9.11. The van der Waals surface area contributed by atoms with Crippen molar-refractivity contribution in [1.82, 2.24) is 18.7 Å². The highest BCUT2D eigenvalue weighted by molar-refractivity contribution is 7.90. The molecule has 0 bridgehead atoms. The molecule has 0 N–H and O–H groups in total. The van der Waals surface area contributed by atoms with E-state index in [1.807, 2.05) is 30.4 Å². The predicted molar refractivity (Wildman–Crippen MR) is 138 cm³/mol. The van der Waals surface area contributed by atoms with E-state index in [0.29, 0.717) is 23.9 Å². The normalized spacial score (nSPS) is 16.6. The summed E-state index contributed by atoms with van der Waals surface area (Å²) in [6.45, 7) is 11.5. The SMILES string of the molecule is CCOC1=NCN(c2cnn(CCN3CCOCC3)c2C)c2c1ccn2S(=O)(=O)c1ccc(C)cc1. The van der Waals surface area contributed by atoms with Crippen molar-refractivity contribution in [1.29, 1.82) is 0 Å². The van der Waals surface area contributed by atoms with Crippen molar-refractivity contribution in [3.8, 4) is 0 Å². The van der Waals surface area contributed by atoms with Gasteiger partial charge in [-0.05, 0) is 39.0 Å². The Morgan fingerprint density at radius 1 is 1.06 bits per heavy atom. The highest BCUT2D eigenvalue weighted by Gasteiger charge is 2.33. The van der Waals surface area contributed by atoms with E-state index in [-0.39, 0.29) is 11.6 Å². The summed E-state index contributed by atoms with van der Waals surface area (Å²) in [6, 6.07) is 8.62. The molecule has 192 valence electrons. The molecule has 0 amide bonds. The number of fused-ring (bicyclic) bond motifs is 1. The Morgan fingerprint density at radius 3 is 2.53 bits per heavy atom. The van der Waals surface area contributed by atoms with Crippen molar-refractivity contribution in [2.24, 2.45) is 4.99 Å². The lowest BCUT2D eigenvalue weighted by Gasteiger charge is -2.29. The predicted octanol–water partition coefficient (Wildman–Crippen LogP) is 2.76. The Hall–Kier alpha value is -3.15. The summed E-state index contributed by atoms with van der Waals surface area (Å²) in [7, 11) is -3.85. The number of aryl methyl sites for hydroxylation is 1. The fraction of sp³-hybridized carbons (Fsp3) is 0.440. The third kappa shape index (κ3) is 4.54. The van der Waals surface area contributed by atoms with Crippen LogP contribution in [0.3, 0.4) is 0 Å². The van der Waals surface area contributed by atoms with Crippen molar-refractivity contribution in [3.63, 3.8) is 0 Å². The van der Waals surface area contributed by atoms with Gasteiger partial charge in [0.05, 0.1) is 54.4 Å². The molecule has 3 aromatic rings. The highest BCUT2D eigenvalue weighted by atomic mass is 32.2. The second kappa shape index (κ2) is 10.1. The van der Waals surface area contributed by atoms with E-state index in [1.165, 1.54) is 3.97 Å². The maximum absolute atomic E-state index is 13.7. The Morgan fingerprint density at radius 2 is 1.81 bits per heavy atom. The average Bonchev–Trinajstić information content (AvgIpc) is 3.49. The van der Waals surface area contributed by atoms with E-state index in [4.69, 9.17) is 9.47 Å². The van der Waals surface area contributed by atoms with Gasteiger partial charge in [-0.15, -0.1) is 0 Å². The molecule has 1 fully saturated rings. The number of benzene rings is 1. The van der Waals surface area contributed by atoms with E-state index >= 15 is 0 Å². The summed E-state index contributed by atoms with van der Waals surface area (Å²) < 4.78 is 41.9. The van der Waals surface area contributed by atoms with Gasteiger partial charge in [0.15, 0.2) is 0 Å². The number of ether oxygens (including phenoxy) is 2. The van der Waals surface area contributed by atoms with Crippen LogP contribution < -0.4 is 4.90 Å². The topological polar surface area (TPSA) is 94.2 Å². The number of morpholine rings is 1. The maximum Gasteiger partial charge on any atom is 0.269 e. The minimum atomic E-state index is -3.85. The third-order valence-electron chi connectivity index (χ3n) is 6.63. The lowest BCUT2D eigenvalue weighted by molar-refractivity contribution is 0.0359. The van der Waals surface area contributed by atoms with Gasteiger partial charge < -0.3 is 14.4 Å². The number of hydrogen-bond acceptors (Lipinski definition) is 8. The molecule has 4 heterocycles. The maximum atomic E-state index is 13.7. The average molecular weight is 513 g/mol. The van der Waals surface area contributed by atoms with Crippen LogP contribution in [-0.2, 0) is 26.0 Å². The minimum Gasteiger partial charge on any atom is -0.478 e. The van der Waals surface area contributed by atoms with E-state index in [2.05, 4.69) is 15.0 Å². The molecule has 36 heavy (non-hydrogen) atoms. The fourth-order valence-corrected chi connectivity index (χ4v) is 5.93. The number of rotatable bonds is 7. The Balaban J connectivity index is 1.51. The molecule has 1 aromatic carbocycles. The quantitative estimate of drug-likeness (QED) is 0.481. The second-order valence-electron chi connectivity index (χ2n) is 8.93. The van der Waals surface area contributed by atoms with Crippen LogP contribution in [0.15, 0.2) is 52.6 Å². The van der Waals surface area contributed by atoms with Crippen LogP contribution in [-0.4, -0.2) is 79.1 Å². The first-order valence-electron chi connectivity index (χ1n) is 12.2. The van der Waals surface area contributed by atoms with Crippen LogP contribution in [0.4, 0.5) is 11.5 Å². The molecule has 2 aliphatic heterocycles. The van der Waals surface area contributed by atoms with Crippen molar-refractivity contribution in [2.45, 2.75) is 32.2 Å². The highest BCUT2D eigenvalue weighted by Crippen LogP contribution is 2.37. The molecule has 10 nitrogen and oxygen atoms in total. The van der Waals surface area contributed by atoms with Crippen molar-refractivity contribution in [2.75, 3.05) is 51.0 Å². The molecule has 2 aromatic heterocycles. The zero-order valence-electron chi connectivity index (χ0n) is 20.9. The fourth-order valence-electron chi connectivity index (χ4n) is 4.58. The van der Waals surface area contributed by atoms with Gasteiger partial charge in [0.1, 0.15) is 12.5 Å². The summed E-state index contributed by atoms with van der Waals surface area (Å²) in [5.41, 5.74) is 3.40. The molecular weight excluding hydrogens is 480 g/mol. The van der Waals surface area contributed by atoms with Crippen LogP contribution in [0.2, 0.25) is 0 Å². The molecule has 11 heteroatoms. The molecule has 0 radical (unpaired) electrons. The van der Waals surface area contributed by atoms with Crippen molar-refractivity contribution < 1.29 is 17.9 Å². The summed E-state index contributed by atoms with van der Waals surface area (Å²) in [5, 5.41) is 4.63. The first-order chi connectivity index (χ1) is 17.4. The van der Waals surface area contributed by atoms with Gasteiger partial charge in [0.25, 0.3) is 10.0 Å². The molecular formula is C25H32N6O4S. The number of aromatic nitrogens is 3. The van der Waals surface area contributed by atoms with E-state index in [0.717, 1.165) is 56.3 Å². The summed E-state index contributed by atoms with van der Waals surface area (Å²) in [5.74, 6) is 0.948. The second-order valence-corrected chi connectivity index (χ2v) is 10.7. The van der Waals surface area contributed by atoms with Crippen LogP contribution in [0, 0.1) is 13.8 Å². The van der Waals surface area contributed by atoms with Crippen molar-refractivity contribution in [3.05, 3.63) is 59.5 Å². The van der Waals surface area contributed by atoms with Crippen molar-refractivity contribution >= 4 is 27.4 Å². The number of hydrogen-bond donors (Lipinski definition) is 0. The lowest BCUT2D eigenvalue weighted by atomic mass is 10.2. The number of aliphatic imine (C=N–C) groups is 1. The smallest absolute Gasteiger partial charge is 0.269 e. The van der Waals surface area contributed by atoms with E-state index in [1.54, 1.807) is 42.7 Å². The monoisotopic (exact) mass is 512 g/mol. The molecule has 2 aliphatic rings. The first-order valence-corrected chi connectivity index (χ1v) is 13.7. The molecule has 5 rings (SSSR count). The minimum absolute atomic E-state index is 0.227. The molecule has 0 unspecified atom stereocenters. The first kappa shape index (κ1) is 24.5. The number of nitrogens with zero attached hydrogens (tertiary/aromatic N) is 6. The van der Waals surface area contributed by atoms with Gasteiger partial charge in [-0.25, -0.2) is 17.4 Å². The zero-order chi connectivity index (χ0) is 25.3. The number of anilines is 2. The summed E-state index contributed by atoms with van der Waals surface area (Å²) >= 11 is 0. The lowest BCUT2D eigenvalue weighted by Crippen LogP contribution is -2.38. The molecule has 0 spiro atoms. The molecule has 0 aliphatic carbocycles. The van der Waals surface area contributed by atoms with Gasteiger partial charge >= 0.3 is 0 Å². The van der Waals surface area contributed by atoms with Crippen LogP contribution >= 0.6 is 0 Å². The Bertz CT molecular complexity index is 1350.